The van der Waals surface area contributed by atoms with Gasteiger partial charge in [0.1, 0.15) is 0 Å². The minimum atomic E-state index is -2.67. The molecule has 0 aromatic heterocycles. The number of benzene rings is 1. The lowest BCUT2D eigenvalue weighted by molar-refractivity contribution is -0.139. The number of nitrogens with zero attached hydrogens (tertiary/aromatic N) is 1. The summed E-state index contributed by atoms with van der Waals surface area (Å²) < 4.78 is 29.9. The average molecular weight is 239 g/mol. The molecule has 5 heteroatoms. The monoisotopic (exact) mass is 239 g/mol. The van der Waals surface area contributed by atoms with Crippen molar-refractivity contribution in [2.24, 2.45) is 0 Å². The van der Waals surface area contributed by atoms with Crippen LogP contribution in [0.15, 0.2) is 12.1 Å². The van der Waals surface area contributed by atoms with Crippen molar-refractivity contribution in [3.63, 3.8) is 0 Å². The van der Waals surface area contributed by atoms with Gasteiger partial charge in [-0.3, -0.25) is 4.79 Å². The molecule has 1 aromatic carbocycles. The van der Waals surface area contributed by atoms with Crippen molar-refractivity contribution in [3.8, 4) is 6.07 Å². The van der Waals surface area contributed by atoms with Crippen LogP contribution < -0.4 is 0 Å². The van der Waals surface area contributed by atoms with Crippen molar-refractivity contribution in [2.45, 2.75) is 19.8 Å². The van der Waals surface area contributed by atoms with Crippen molar-refractivity contribution in [2.75, 3.05) is 7.11 Å². The second kappa shape index (κ2) is 5.39. The molecular formula is C12H11F2NO2. The fourth-order valence-corrected chi connectivity index (χ4v) is 1.48. The Morgan fingerprint density at radius 1 is 1.53 bits per heavy atom. The van der Waals surface area contributed by atoms with Crippen LogP contribution in [0.1, 0.15) is 28.7 Å². The van der Waals surface area contributed by atoms with Crippen molar-refractivity contribution < 1.29 is 18.3 Å². The highest BCUT2D eigenvalue weighted by Crippen LogP contribution is 2.26. The van der Waals surface area contributed by atoms with Crippen molar-refractivity contribution in [3.05, 3.63) is 34.4 Å². The van der Waals surface area contributed by atoms with Gasteiger partial charge in [-0.2, -0.15) is 5.26 Å². The highest BCUT2D eigenvalue weighted by molar-refractivity contribution is 5.72. The molecule has 0 aliphatic carbocycles. The predicted octanol–water partition coefficient (Wildman–Crippen LogP) is 2.52. The number of alkyl halides is 2. The maximum atomic E-state index is 12.7. The van der Waals surface area contributed by atoms with Gasteiger partial charge in [0.25, 0.3) is 6.43 Å². The highest BCUT2D eigenvalue weighted by Gasteiger charge is 2.16. The van der Waals surface area contributed by atoms with Crippen LogP contribution in [-0.4, -0.2) is 13.1 Å². The Hall–Kier alpha value is -1.96. The maximum Gasteiger partial charge on any atom is 0.309 e. The number of ether oxygens (including phenoxy) is 1. The summed E-state index contributed by atoms with van der Waals surface area (Å²) in [6, 6.07) is 4.50. The van der Waals surface area contributed by atoms with E-state index >= 15 is 0 Å². The molecule has 1 rings (SSSR count). The number of carbonyl (C=O) groups is 1. The molecule has 0 N–H and O–H groups in total. The van der Waals surface area contributed by atoms with E-state index in [9.17, 15) is 13.6 Å². The first-order chi connectivity index (χ1) is 7.99. The lowest BCUT2D eigenvalue weighted by Gasteiger charge is -2.09. The Morgan fingerprint density at radius 2 is 2.18 bits per heavy atom. The summed E-state index contributed by atoms with van der Waals surface area (Å²) in [5.74, 6) is -0.530. The molecule has 0 unspecified atom stereocenters. The zero-order valence-corrected chi connectivity index (χ0v) is 9.46. The molecule has 0 atom stereocenters. The number of hydrogen-bond acceptors (Lipinski definition) is 3. The van der Waals surface area contributed by atoms with E-state index < -0.39 is 12.4 Å². The first kappa shape index (κ1) is 13.1. The van der Waals surface area contributed by atoms with E-state index in [1.165, 1.54) is 26.2 Å². The molecule has 0 fully saturated rings. The summed E-state index contributed by atoms with van der Waals surface area (Å²) in [4.78, 5) is 11.1. The van der Waals surface area contributed by atoms with Gasteiger partial charge in [-0.1, -0.05) is 0 Å². The third kappa shape index (κ3) is 3.00. The van der Waals surface area contributed by atoms with Crippen LogP contribution >= 0.6 is 0 Å². The van der Waals surface area contributed by atoms with E-state index in [-0.39, 0.29) is 23.1 Å². The van der Waals surface area contributed by atoms with E-state index in [0.29, 0.717) is 5.56 Å². The molecule has 0 radical (unpaired) electrons. The maximum absolute atomic E-state index is 12.7. The molecule has 0 spiro atoms. The van der Waals surface area contributed by atoms with Gasteiger partial charge in [-0.15, -0.1) is 0 Å². The van der Waals surface area contributed by atoms with Gasteiger partial charge < -0.3 is 4.74 Å². The largest absolute Gasteiger partial charge is 0.469 e. The van der Waals surface area contributed by atoms with Crippen molar-refractivity contribution >= 4 is 5.97 Å². The van der Waals surface area contributed by atoms with E-state index in [4.69, 9.17) is 5.26 Å². The number of methoxy groups -OCH3 is 1. The van der Waals surface area contributed by atoms with E-state index in [2.05, 4.69) is 4.74 Å². The van der Waals surface area contributed by atoms with Crippen LogP contribution in [0.25, 0.3) is 0 Å². The second-order valence-electron chi connectivity index (χ2n) is 3.52. The van der Waals surface area contributed by atoms with Gasteiger partial charge >= 0.3 is 5.97 Å². The summed E-state index contributed by atoms with van der Waals surface area (Å²) in [5, 5.41) is 8.83. The molecule has 90 valence electrons. The minimum absolute atomic E-state index is 0.120. The average Bonchev–Trinajstić information content (AvgIpc) is 2.30. The SMILES string of the molecule is COC(=O)Cc1cc(C#N)c(C)c(C(F)F)c1. The number of carbonyl (C=O) groups excluding carboxylic acids is 1. The Balaban J connectivity index is 3.21. The Kier molecular flexibility index (Phi) is 4.16. The van der Waals surface area contributed by atoms with Gasteiger partial charge in [0.15, 0.2) is 0 Å². The molecule has 0 saturated carbocycles. The molecule has 0 saturated heterocycles. The smallest absolute Gasteiger partial charge is 0.309 e. The summed E-state index contributed by atoms with van der Waals surface area (Å²) in [6.45, 7) is 1.46. The predicted molar refractivity (Wildman–Crippen MR) is 56.6 cm³/mol. The molecule has 0 aliphatic rings. The molecule has 1 aromatic rings. The summed E-state index contributed by atoms with van der Waals surface area (Å²) in [5.41, 5.74) is 0.537. The van der Waals surface area contributed by atoms with Crippen LogP contribution in [0.3, 0.4) is 0 Å². The number of rotatable bonds is 3. The summed E-state index contributed by atoms with van der Waals surface area (Å²) in [6.07, 6.45) is -2.79. The second-order valence-corrected chi connectivity index (χ2v) is 3.52. The quantitative estimate of drug-likeness (QED) is 0.761. The Bertz CT molecular complexity index is 478. The first-order valence-corrected chi connectivity index (χ1v) is 4.88. The fraction of sp³-hybridized carbons (Fsp3) is 0.333. The highest BCUT2D eigenvalue weighted by atomic mass is 19.3. The van der Waals surface area contributed by atoms with Crippen LogP contribution in [-0.2, 0) is 16.0 Å². The van der Waals surface area contributed by atoms with Crippen molar-refractivity contribution in [1.82, 2.24) is 0 Å². The molecule has 0 aliphatic heterocycles. The Morgan fingerprint density at radius 3 is 2.65 bits per heavy atom. The van der Waals surface area contributed by atoms with E-state index in [1.807, 2.05) is 6.07 Å². The normalized spacial score (nSPS) is 10.1. The van der Waals surface area contributed by atoms with Gasteiger partial charge in [-0.25, -0.2) is 8.78 Å². The lowest BCUT2D eigenvalue weighted by Crippen LogP contribution is -2.06. The number of nitriles is 1. The Labute approximate surface area is 97.6 Å². The van der Waals surface area contributed by atoms with Gasteiger partial charge in [0.2, 0.25) is 0 Å². The minimum Gasteiger partial charge on any atom is -0.469 e. The lowest BCUT2D eigenvalue weighted by atomic mass is 9.98. The van der Waals surface area contributed by atoms with Gasteiger partial charge in [0.05, 0.1) is 25.2 Å². The number of hydrogen-bond donors (Lipinski definition) is 0. The van der Waals surface area contributed by atoms with Crippen molar-refractivity contribution in [1.29, 1.82) is 5.26 Å². The molecule has 0 amide bonds. The van der Waals surface area contributed by atoms with Crippen LogP contribution in [0, 0.1) is 18.3 Å². The van der Waals surface area contributed by atoms with Gasteiger partial charge in [0, 0.05) is 5.56 Å². The topological polar surface area (TPSA) is 50.1 Å². The van der Waals surface area contributed by atoms with Crippen LogP contribution in [0.4, 0.5) is 8.78 Å². The molecule has 3 nitrogen and oxygen atoms in total. The van der Waals surface area contributed by atoms with Crippen LogP contribution in [0.5, 0.6) is 0 Å². The number of halogens is 2. The fourth-order valence-electron chi connectivity index (χ4n) is 1.48. The zero-order chi connectivity index (χ0) is 13.0. The standard InChI is InChI=1S/C12H11F2NO2/c1-7-9(6-15)3-8(5-11(16)17-2)4-10(7)12(13)14/h3-4,12H,5H2,1-2H3. The summed E-state index contributed by atoms with van der Waals surface area (Å²) >= 11 is 0. The molecule has 17 heavy (non-hydrogen) atoms. The van der Waals surface area contributed by atoms with E-state index in [1.54, 1.807) is 0 Å². The van der Waals surface area contributed by atoms with Crippen LogP contribution in [0.2, 0.25) is 0 Å². The number of esters is 1. The summed E-state index contributed by atoms with van der Waals surface area (Å²) in [7, 11) is 1.22. The first-order valence-electron chi connectivity index (χ1n) is 4.88. The van der Waals surface area contributed by atoms with Gasteiger partial charge in [-0.05, 0) is 30.2 Å². The molecule has 0 heterocycles. The zero-order valence-electron chi connectivity index (χ0n) is 9.46. The third-order valence-electron chi connectivity index (χ3n) is 2.44. The van der Waals surface area contributed by atoms with E-state index in [0.717, 1.165) is 0 Å². The molecular weight excluding hydrogens is 228 g/mol. The third-order valence-corrected chi connectivity index (χ3v) is 2.44. The molecule has 0 bridgehead atoms.